The summed E-state index contributed by atoms with van der Waals surface area (Å²) < 4.78 is 24.3. The molecule has 1 aliphatic rings. The minimum absolute atomic E-state index is 0.182. The number of methoxy groups -OCH3 is 1. The quantitative estimate of drug-likeness (QED) is 0.698. The fraction of sp³-hybridized carbons (Fsp3) is 0.526. The van der Waals surface area contributed by atoms with E-state index in [4.69, 9.17) is 9.47 Å². The summed E-state index contributed by atoms with van der Waals surface area (Å²) in [5.41, 5.74) is 0.516. The van der Waals surface area contributed by atoms with Gasteiger partial charge >= 0.3 is 6.01 Å². The smallest absolute Gasteiger partial charge is 0.323 e. The predicted molar refractivity (Wildman–Crippen MR) is 102 cm³/mol. The Hall–Kier alpha value is -2.64. The average Bonchev–Trinajstić information content (AvgIpc) is 2.91. The lowest BCUT2D eigenvalue weighted by molar-refractivity contribution is 0.312. The molecule has 7 nitrogen and oxygen atoms in total. The topological polar surface area (TPSA) is 81.2 Å². The molecule has 0 radical (unpaired) electrons. The molecule has 1 heterocycles. The van der Waals surface area contributed by atoms with E-state index < -0.39 is 5.82 Å². The van der Waals surface area contributed by atoms with Gasteiger partial charge in [0, 0.05) is 17.8 Å². The van der Waals surface area contributed by atoms with Crippen molar-refractivity contribution in [2.24, 2.45) is 0 Å². The number of nitrogens with zero attached hydrogens (tertiary/aromatic N) is 3. The van der Waals surface area contributed by atoms with E-state index in [0.717, 1.165) is 12.8 Å². The van der Waals surface area contributed by atoms with Crippen LogP contribution in [-0.2, 0) is 0 Å². The van der Waals surface area contributed by atoms with Crippen LogP contribution in [0, 0.1) is 5.82 Å². The van der Waals surface area contributed by atoms with E-state index in [2.05, 4.69) is 25.6 Å². The van der Waals surface area contributed by atoms with Gasteiger partial charge in [-0.25, -0.2) is 4.39 Å². The molecule has 0 amide bonds. The first-order valence-electron chi connectivity index (χ1n) is 9.44. The van der Waals surface area contributed by atoms with Crippen LogP contribution in [0.2, 0.25) is 0 Å². The van der Waals surface area contributed by atoms with Crippen LogP contribution >= 0.6 is 0 Å². The van der Waals surface area contributed by atoms with Gasteiger partial charge in [0.25, 0.3) is 0 Å². The number of halogens is 1. The van der Waals surface area contributed by atoms with Crippen LogP contribution in [-0.4, -0.2) is 34.7 Å². The first kappa shape index (κ1) is 19.1. The van der Waals surface area contributed by atoms with Crippen LogP contribution in [0.25, 0.3) is 0 Å². The average molecular weight is 375 g/mol. The summed E-state index contributed by atoms with van der Waals surface area (Å²) in [6.07, 6.45) is 7.16. The van der Waals surface area contributed by atoms with Gasteiger partial charge < -0.3 is 20.1 Å². The van der Waals surface area contributed by atoms with Crippen molar-refractivity contribution in [3.05, 3.63) is 24.0 Å². The Labute approximate surface area is 158 Å². The summed E-state index contributed by atoms with van der Waals surface area (Å²) in [5, 5.41) is 6.41. The van der Waals surface area contributed by atoms with E-state index >= 15 is 0 Å². The second-order valence-electron chi connectivity index (χ2n) is 6.51. The predicted octanol–water partition coefficient (Wildman–Crippen LogP) is 4.30. The third kappa shape index (κ3) is 5.42. The molecule has 1 aliphatic carbocycles. The molecule has 8 heteroatoms. The summed E-state index contributed by atoms with van der Waals surface area (Å²) in [6.45, 7) is 2.32. The Morgan fingerprint density at radius 1 is 1.07 bits per heavy atom. The summed E-state index contributed by atoms with van der Waals surface area (Å²) in [5.74, 6) is 0.492. The number of ether oxygens (including phenoxy) is 2. The number of nitrogens with one attached hydrogen (secondary N) is 2. The summed E-state index contributed by atoms with van der Waals surface area (Å²) in [4.78, 5) is 13.0. The second-order valence-corrected chi connectivity index (χ2v) is 6.51. The zero-order valence-electron chi connectivity index (χ0n) is 15.8. The molecule has 3 rings (SSSR count). The minimum atomic E-state index is -0.460. The molecule has 0 spiro atoms. The Kier molecular flexibility index (Phi) is 6.62. The fourth-order valence-corrected chi connectivity index (χ4v) is 3.15. The van der Waals surface area contributed by atoms with E-state index in [1.54, 1.807) is 12.1 Å². The molecule has 27 heavy (non-hydrogen) atoms. The van der Waals surface area contributed by atoms with Crippen molar-refractivity contribution in [2.75, 3.05) is 24.4 Å². The number of benzene rings is 1. The normalized spacial score (nSPS) is 15.1. The van der Waals surface area contributed by atoms with Gasteiger partial charge in [0.15, 0.2) is 11.6 Å². The molecule has 1 aromatic heterocycles. The molecular formula is C19H26FN5O2. The van der Waals surface area contributed by atoms with Crippen molar-refractivity contribution in [1.82, 2.24) is 15.0 Å². The molecule has 2 aromatic rings. The van der Waals surface area contributed by atoms with Gasteiger partial charge in [-0.2, -0.15) is 15.0 Å². The third-order valence-electron chi connectivity index (χ3n) is 4.48. The van der Waals surface area contributed by atoms with Gasteiger partial charge in [-0.3, -0.25) is 0 Å². The van der Waals surface area contributed by atoms with E-state index in [9.17, 15) is 4.39 Å². The zero-order valence-corrected chi connectivity index (χ0v) is 15.8. The molecule has 2 N–H and O–H groups in total. The van der Waals surface area contributed by atoms with Crippen molar-refractivity contribution in [3.63, 3.8) is 0 Å². The monoisotopic (exact) mass is 375 g/mol. The van der Waals surface area contributed by atoms with Crippen LogP contribution in [0.15, 0.2) is 18.2 Å². The lowest BCUT2D eigenvalue weighted by atomic mass is 10.1. The first-order valence-corrected chi connectivity index (χ1v) is 9.44. The molecule has 0 unspecified atom stereocenters. The highest BCUT2D eigenvalue weighted by Crippen LogP contribution is 2.24. The van der Waals surface area contributed by atoms with Gasteiger partial charge in [0.2, 0.25) is 11.9 Å². The van der Waals surface area contributed by atoms with Gasteiger partial charge in [-0.15, -0.1) is 0 Å². The minimum Gasteiger partial charge on any atom is -0.494 e. The lowest BCUT2D eigenvalue weighted by Crippen LogP contribution is -2.20. The van der Waals surface area contributed by atoms with Gasteiger partial charge in [-0.05, 0) is 31.9 Å². The molecule has 1 fully saturated rings. The lowest BCUT2D eigenvalue weighted by Gasteiger charge is -2.17. The molecule has 1 saturated carbocycles. The van der Waals surface area contributed by atoms with Crippen LogP contribution < -0.4 is 20.1 Å². The van der Waals surface area contributed by atoms with Gasteiger partial charge in [0.05, 0.1) is 13.7 Å². The Morgan fingerprint density at radius 2 is 1.81 bits per heavy atom. The molecule has 1 aromatic carbocycles. The van der Waals surface area contributed by atoms with E-state index in [1.807, 2.05) is 6.92 Å². The number of hydrogen-bond donors (Lipinski definition) is 2. The summed E-state index contributed by atoms with van der Waals surface area (Å²) in [7, 11) is 1.43. The number of anilines is 3. The third-order valence-corrected chi connectivity index (χ3v) is 4.48. The SMILES string of the molecule is CCOc1nc(Nc2ccc(OC)c(F)c2)nc(NC2CCCCCC2)n1. The number of aromatic nitrogens is 3. The highest BCUT2D eigenvalue weighted by Gasteiger charge is 2.15. The zero-order chi connectivity index (χ0) is 19.1. The molecule has 146 valence electrons. The summed E-state index contributed by atoms with van der Waals surface area (Å²) in [6, 6.07) is 5.16. The van der Waals surface area contributed by atoms with Crippen molar-refractivity contribution in [1.29, 1.82) is 0 Å². The van der Waals surface area contributed by atoms with E-state index in [0.29, 0.717) is 30.2 Å². The van der Waals surface area contributed by atoms with Gasteiger partial charge in [-0.1, -0.05) is 25.7 Å². The van der Waals surface area contributed by atoms with Crippen LogP contribution in [0.5, 0.6) is 11.8 Å². The maximum atomic E-state index is 13.9. The van der Waals surface area contributed by atoms with Crippen molar-refractivity contribution >= 4 is 17.6 Å². The molecule has 0 atom stereocenters. The van der Waals surface area contributed by atoms with Gasteiger partial charge in [0.1, 0.15) is 0 Å². The maximum Gasteiger partial charge on any atom is 0.323 e. The van der Waals surface area contributed by atoms with Crippen molar-refractivity contribution < 1.29 is 13.9 Å². The second kappa shape index (κ2) is 9.34. The molecular weight excluding hydrogens is 349 g/mol. The summed E-state index contributed by atoms with van der Waals surface area (Å²) >= 11 is 0. The van der Waals surface area contributed by atoms with E-state index in [-0.39, 0.29) is 11.8 Å². The van der Waals surface area contributed by atoms with Crippen molar-refractivity contribution in [2.45, 2.75) is 51.5 Å². The maximum absolute atomic E-state index is 13.9. The highest BCUT2D eigenvalue weighted by molar-refractivity contribution is 5.56. The van der Waals surface area contributed by atoms with Crippen LogP contribution in [0.1, 0.15) is 45.4 Å². The Morgan fingerprint density at radius 3 is 2.48 bits per heavy atom. The standard InChI is InChI=1S/C19H26FN5O2/c1-3-27-19-24-17(21-13-8-6-4-5-7-9-13)23-18(25-19)22-14-10-11-16(26-2)15(20)12-14/h10-13H,3-9H2,1-2H3,(H2,21,22,23,24,25). The Bertz CT molecular complexity index is 751. The Balaban J connectivity index is 1.79. The molecule has 0 saturated heterocycles. The largest absolute Gasteiger partial charge is 0.494 e. The molecule has 0 bridgehead atoms. The van der Waals surface area contributed by atoms with Crippen molar-refractivity contribution in [3.8, 4) is 11.8 Å². The van der Waals surface area contributed by atoms with E-state index in [1.165, 1.54) is 38.9 Å². The van der Waals surface area contributed by atoms with Crippen LogP contribution in [0.3, 0.4) is 0 Å². The highest BCUT2D eigenvalue weighted by atomic mass is 19.1. The number of rotatable bonds is 7. The van der Waals surface area contributed by atoms with Crippen LogP contribution in [0.4, 0.5) is 22.0 Å². The molecule has 0 aliphatic heterocycles. The first-order chi connectivity index (χ1) is 13.2. The number of hydrogen-bond acceptors (Lipinski definition) is 7. The fourth-order valence-electron chi connectivity index (χ4n) is 3.15.